The van der Waals surface area contributed by atoms with Crippen LogP contribution in [0.1, 0.15) is 111 Å². The van der Waals surface area contributed by atoms with Crippen LogP contribution >= 0.6 is 0 Å². The Morgan fingerprint density at radius 3 is 1.73 bits per heavy atom. The zero-order valence-electron chi connectivity index (χ0n) is 30.9. The van der Waals surface area contributed by atoms with Crippen molar-refractivity contribution in [3.8, 4) is 0 Å². The fourth-order valence-electron chi connectivity index (χ4n) is 5.06. The number of carboxylic acid groups (broad SMARTS) is 1. The molecular formula is C34H64N8O9. The molecule has 0 bridgehead atoms. The molecule has 0 radical (unpaired) electrons. The Bertz CT molecular complexity index is 1090. The van der Waals surface area contributed by atoms with Gasteiger partial charge in [-0.15, -0.1) is 0 Å². The van der Waals surface area contributed by atoms with Crippen molar-refractivity contribution < 1.29 is 43.8 Å². The molecule has 0 aliphatic rings. The van der Waals surface area contributed by atoms with Crippen molar-refractivity contribution in [1.29, 1.82) is 0 Å². The number of rotatable bonds is 30. The van der Waals surface area contributed by atoms with Crippen molar-refractivity contribution in [2.45, 2.75) is 147 Å². The topological polar surface area (TPSA) is 284 Å². The second-order valence-corrected chi connectivity index (χ2v) is 12.9. The summed E-state index contributed by atoms with van der Waals surface area (Å²) in [7, 11) is 0. The zero-order valence-corrected chi connectivity index (χ0v) is 30.9. The van der Waals surface area contributed by atoms with E-state index in [1.54, 1.807) is 0 Å². The molecule has 6 atom stereocenters. The summed E-state index contributed by atoms with van der Waals surface area (Å²) in [4.78, 5) is 87.2. The van der Waals surface area contributed by atoms with Crippen molar-refractivity contribution in [1.82, 2.24) is 31.9 Å². The molecule has 0 saturated carbocycles. The van der Waals surface area contributed by atoms with E-state index in [4.69, 9.17) is 16.6 Å². The van der Waals surface area contributed by atoms with E-state index in [0.717, 1.165) is 19.4 Å². The van der Waals surface area contributed by atoms with Gasteiger partial charge in [-0.2, -0.15) is 0 Å². The lowest BCUT2D eigenvalue weighted by molar-refractivity contribution is -0.150. The van der Waals surface area contributed by atoms with Crippen molar-refractivity contribution in [2.24, 2.45) is 11.5 Å². The van der Waals surface area contributed by atoms with Gasteiger partial charge in [0.1, 0.15) is 24.2 Å². The van der Waals surface area contributed by atoms with E-state index < -0.39 is 71.7 Å². The first-order valence-corrected chi connectivity index (χ1v) is 18.3. The molecule has 17 heteroatoms. The van der Waals surface area contributed by atoms with Crippen LogP contribution in [0.3, 0.4) is 0 Å². The number of aliphatic hydroxyl groups is 1. The van der Waals surface area contributed by atoms with Crippen LogP contribution in [0.4, 0.5) is 0 Å². The highest BCUT2D eigenvalue weighted by Crippen LogP contribution is 2.08. The normalized spacial score (nSPS) is 14.6. The smallest absolute Gasteiger partial charge is 0.374 e. The molecule has 0 aromatic heterocycles. The minimum absolute atomic E-state index is 0.0463. The summed E-state index contributed by atoms with van der Waals surface area (Å²) < 4.78 is 0. The number of unbranched alkanes of at least 4 members (excludes halogenated alkanes) is 8. The number of hydrogen-bond acceptors (Lipinski definition) is 11. The van der Waals surface area contributed by atoms with Crippen molar-refractivity contribution >= 4 is 41.3 Å². The molecule has 0 aliphatic heterocycles. The zero-order chi connectivity index (χ0) is 38.8. The quantitative estimate of drug-likeness (QED) is 0.0318. The number of aliphatic hydroxyl groups excluding tert-OH is 1. The second-order valence-electron chi connectivity index (χ2n) is 12.9. The Morgan fingerprint density at radius 1 is 0.588 bits per heavy atom. The highest BCUT2D eigenvalue weighted by molar-refractivity contribution is 6.35. The molecule has 0 aromatic carbocycles. The van der Waals surface area contributed by atoms with E-state index in [9.17, 15) is 38.7 Å². The van der Waals surface area contributed by atoms with Crippen molar-refractivity contribution in [3.05, 3.63) is 0 Å². The Balaban J connectivity index is 5.16. The molecule has 0 fully saturated rings. The van der Waals surface area contributed by atoms with Crippen LogP contribution in [0.2, 0.25) is 0 Å². The summed E-state index contributed by atoms with van der Waals surface area (Å²) >= 11 is 0. The molecule has 0 spiro atoms. The van der Waals surface area contributed by atoms with Gasteiger partial charge in [0, 0.05) is 13.0 Å². The predicted octanol–water partition coefficient (Wildman–Crippen LogP) is -0.917. The molecule has 12 N–H and O–H groups in total. The first kappa shape index (κ1) is 47.3. The van der Waals surface area contributed by atoms with E-state index in [2.05, 4.69) is 38.8 Å². The van der Waals surface area contributed by atoms with Crippen LogP contribution in [0.5, 0.6) is 0 Å². The maximum Gasteiger partial charge on any atom is 0.374 e. The highest BCUT2D eigenvalue weighted by Gasteiger charge is 2.32. The summed E-state index contributed by atoms with van der Waals surface area (Å²) in [6.45, 7) is 7.52. The molecule has 5 amide bonds. The molecule has 51 heavy (non-hydrogen) atoms. The number of Topliss-reactive ketones (excluding diaryl/α,β-unsaturated/α-hetero) is 1. The second kappa shape index (κ2) is 28.0. The van der Waals surface area contributed by atoms with Gasteiger partial charge >= 0.3 is 5.97 Å². The lowest BCUT2D eigenvalue weighted by Gasteiger charge is -2.26. The molecule has 0 rings (SSSR count). The molecular weight excluding hydrogens is 664 g/mol. The van der Waals surface area contributed by atoms with Crippen LogP contribution in [0.15, 0.2) is 0 Å². The van der Waals surface area contributed by atoms with Gasteiger partial charge in [-0.25, -0.2) is 4.79 Å². The molecule has 0 aromatic rings. The number of ketones is 1. The number of aliphatic carboxylic acids is 1. The Kier molecular flexibility index (Phi) is 26.0. The van der Waals surface area contributed by atoms with Crippen LogP contribution in [0.25, 0.3) is 0 Å². The SMILES string of the molecule is CCCCCCCCCCNCCC(=O)N[C@@H](CCCCN)C(=O)N[C@H](C(=O)N[C@@H](C)C(=O)N[C@@H](CCN)C(=O)N[C@@H](C)C(=O)C(=O)O)[C@@H](C)O. The van der Waals surface area contributed by atoms with E-state index in [-0.39, 0.29) is 31.7 Å². The van der Waals surface area contributed by atoms with Gasteiger partial charge in [-0.3, -0.25) is 28.8 Å². The van der Waals surface area contributed by atoms with Gasteiger partial charge in [0.05, 0.1) is 12.1 Å². The molecule has 0 saturated heterocycles. The number of carbonyl (C=O) groups excluding carboxylic acids is 6. The number of nitrogens with one attached hydrogen (secondary N) is 6. The molecule has 0 heterocycles. The minimum Gasteiger partial charge on any atom is -0.475 e. The average molecular weight is 729 g/mol. The lowest BCUT2D eigenvalue weighted by Crippen LogP contribution is -2.60. The summed E-state index contributed by atoms with van der Waals surface area (Å²) in [5.74, 6) is -6.63. The van der Waals surface area contributed by atoms with Crippen molar-refractivity contribution in [3.63, 3.8) is 0 Å². The van der Waals surface area contributed by atoms with E-state index in [1.165, 1.54) is 59.3 Å². The Labute approximate surface area is 301 Å². The fourth-order valence-corrected chi connectivity index (χ4v) is 5.06. The van der Waals surface area contributed by atoms with E-state index in [0.29, 0.717) is 25.9 Å². The summed E-state index contributed by atoms with van der Waals surface area (Å²) in [6, 6.07) is -6.39. The van der Waals surface area contributed by atoms with Gasteiger partial charge in [0.15, 0.2) is 0 Å². The number of carbonyl (C=O) groups is 7. The molecule has 0 aliphatic carbocycles. The largest absolute Gasteiger partial charge is 0.475 e. The van der Waals surface area contributed by atoms with Gasteiger partial charge in [-0.1, -0.05) is 51.9 Å². The van der Waals surface area contributed by atoms with Crippen LogP contribution in [-0.2, 0) is 33.6 Å². The number of amides is 5. The van der Waals surface area contributed by atoms with Crippen LogP contribution in [0, 0.1) is 0 Å². The first-order chi connectivity index (χ1) is 24.2. The van der Waals surface area contributed by atoms with Crippen LogP contribution < -0.4 is 43.4 Å². The van der Waals surface area contributed by atoms with Crippen LogP contribution in [-0.4, -0.2) is 114 Å². The number of hydrogen-bond donors (Lipinski definition) is 10. The van der Waals surface area contributed by atoms with Gasteiger partial charge in [0.2, 0.25) is 29.5 Å². The lowest BCUT2D eigenvalue weighted by atomic mass is 10.1. The van der Waals surface area contributed by atoms with E-state index in [1.807, 2.05) is 0 Å². The third kappa shape index (κ3) is 21.3. The molecule has 294 valence electrons. The monoisotopic (exact) mass is 728 g/mol. The Hall–Kier alpha value is -3.67. The summed E-state index contributed by atoms with van der Waals surface area (Å²) in [6.07, 6.45) is 9.68. The number of carboxylic acids is 1. The van der Waals surface area contributed by atoms with E-state index >= 15 is 0 Å². The number of nitrogens with two attached hydrogens (primary N) is 2. The fraction of sp³-hybridized carbons (Fsp3) is 0.794. The summed E-state index contributed by atoms with van der Waals surface area (Å²) in [5, 5.41) is 34.6. The van der Waals surface area contributed by atoms with Gasteiger partial charge in [0.25, 0.3) is 5.78 Å². The maximum absolute atomic E-state index is 13.3. The summed E-state index contributed by atoms with van der Waals surface area (Å²) in [5.41, 5.74) is 11.2. The third-order valence-electron chi connectivity index (χ3n) is 8.20. The average Bonchev–Trinajstić information content (AvgIpc) is 3.07. The van der Waals surface area contributed by atoms with Gasteiger partial charge < -0.3 is 53.6 Å². The first-order valence-electron chi connectivity index (χ1n) is 18.3. The third-order valence-corrected chi connectivity index (χ3v) is 8.20. The Morgan fingerprint density at radius 2 is 1.16 bits per heavy atom. The predicted molar refractivity (Wildman–Crippen MR) is 192 cm³/mol. The molecule has 0 unspecified atom stereocenters. The van der Waals surface area contributed by atoms with Gasteiger partial charge in [-0.05, 0) is 72.5 Å². The standard InChI is InChI=1S/C34H64N8O9/c1-5-6-7-8-9-10-11-14-20-37-21-17-27(44)40-25(15-12-13-18-35)32(48)42-28(24(4)43)33(49)39-23(3)30(46)41-26(16-19-36)31(47)38-22(2)29(45)34(50)51/h22-26,28,37,43H,5-21,35-36H2,1-4H3,(H,38,47)(H,39,49)(H,40,44)(H,41,46)(H,42,48)(H,50,51)/t22-,23-,24+,25-,26-,28-/m0/s1. The minimum atomic E-state index is -1.74. The maximum atomic E-state index is 13.3. The molecule has 17 nitrogen and oxygen atoms in total. The highest BCUT2D eigenvalue weighted by atomic mass is 16.4. The van der Waals surface area contributed by atoms with Crippen molar-refractivity contribution in [2.75, 3.05) is 26.2 Å².